The molecule has 0 amide bonds. The minimum absolute atomic E-state index is 0. The predicted molar refractivity (Wildman–Crippen MR) is 15.2 cm³/mol. The van der Waals surface area contributed by atoms with Crippen LogP contribution in [0.3, 0.4) is 0 Å². The second kappa shape index (κ2) is 8.82. The van der Waals surface area contributed by atoms with E-state index in [0.29, 0.717) is 0 Å². The van der Waals surface area contributed by atoms with Crippen molar-refractivity contribution in [2.24, 2.45) is 0 Å². The van der Waals surface area contributed by atoms with E-state index >= 15 is 0 Å². The third-order valence-corrected chi connectivity index (χ3v) is 0.204. The maximum Gasteiger partial charge on any atom is 1.00 e. The van der Waals surface area contributed by atoms with Gasteiger partial charge in [0.25, 0.3) is 0 Å². The van der Waals surface area contributed by atoms with Crippen molar-refractivity contribution >= 4 is 0 Å². The Hall–Kier alpha value is 0.557. The first kappa shape index (κ1) is 9.12. The Morgan fingerprint density at radius 2 is 1.80 bits per heavy atom. The van der Waals surface area contributed by atoms with E-state index in [9.17, 15) is 5.11 Å². The zero-order valence-electron chi connectivity index (χ0n) is 3.82. The molecule has 0 bridgehead atoms. The van der Waals surface area contributed by atoms with Gasteiger partial charge < -0.3 is 5.11 Å². The Morgan fingerprint density at radius 1 is 1.60 bits per heavy atom. The summed E-state index contributed by atoms with van der Waals surface area (Å²) in [4.78, 5) is 0. The second-order valence-corrected chi connectivity index (χ2v) is 0.704. The van der Waals surface area contributed by atoms with Crippen LogP contribution < -0.4 is 24.0 Å². The molecule has 2 heteroatoms. The van der Waals surface area contributed by atoms with Crippen molar-refractivity contribution in [3.8, 4) is 0 Å². The summed E-state index contributed by atoms with van der Waals surface area (Å²) >= 11 is 0. The first-order valence-corrected chi connectivity index (χ1v) is 1.50. The van der Waals surface area contributed by atoms with Crippen molar-refractivity contribution in [3.63, 3.8) is 0 Å². The summed E-state index contributed by atoms with van der Waals surface area (Å²) in [5, 5.41) is 9.30. The molecule has 0 saturated heterocycles. The minimum Gasteiger partial charge on any atom is -0.854 e. The van der Waals surface area contributed by atoms with Gasteiger partial charge in [-0.2, -0.15) is 0 Å². The summed E-state index contributed by atoms with van der Waals surface area (Å²) in [5.41, 5.74) is 0. The molecule has 0 spiro atoms. The van der Waals surface area contributed by atoms with E-state index in [4.69, 9.17) is 0 Å². The monoisotopic (exact) mass is 66.1 g/mol. The molecule has 0 saturated carbocycles. The van der Waals surface area contributed by atoms with Crippen molar-refractivity contribution in [2.75, 3.05) is 6.61 Å². The topological polar surface area (TPSA) is 23.1 Å². The number of hydrogen-bond acceptors (Lipinski definition) is 1. The Labute approximate surface area is 44.6 Å². The smallest absolute Gasteiger partial charge is 0.854 e. The van der Waals surface area contributed by atoms with Crippen molar-refractivity contribution in [2.45, 2.75) is 13.3 Å². The van der Waals surface area contributed by atoms with Gasteiger partial charge in [-0.05, 0) is 0 Å². The third-order valence-electron chi connectivity index (χ3n) is 0.204. The average Bonchev–Trinajstić information content (AvgIpc) is 1.37. The largest absolute Gasteiger partial charge is 1.00 e. The van der Waals surface area contributed by atoms with Crippen LogP contribution in [-0.4, -0.2) is 6.61 Å². The van der Waals surface area contributed by atoms with E-state index in [1.165, 1.54) is 0 Å². The van der Waals surface area contributed by atoms with Gasteiger partial charge in [0, 0.05) is 0 Å². The minimum atomic E-state index is 0. The molecule has 0 radical (unpaired) electrons. The summed E-state index contributed by atoms with van der Waals surface area (Å²) in [6.07, 6.45) is 0.764. The van der Waals surface area contributed by atoms with Gasteiger partial charge >= 0.3 is 18.9 Å². The first-order chi connectivity index (χ1) is 1.91. The van der Waals surface area contributed by atoms with E-state index in [0.717, 1.165) is 6.42 Å². The quantitative estimate of drug-likeness (QED) is 0.295. The van der Waals surface area contributed by atoms with Gasteiger partial charge in [-0.1, -0.05) is 13.3 Å². The van der Waals surface area contributed by atoms with Crippen LogP contribution in [0.4, 0.5) is 0 Å². The van der Waals surface area contributed by atoms with Gasteiger partial charge in [0.15, 0.2) is 0 Å². The molecule has 26 valence electrons. The molecule has 0 unspecified atom stereocenters. The fraction of sp³-hybridized carbons (Fsp3) is 1.00. The molecule has 0 aliphatic rings. The summed E-state index contributed by atoms with van der Waals surface area (Å²) in [6.45, 7) is 1.94. The van der Waals surface area contributed by atoms with E-state index in [2.05, 4.69) is 0 Å². The molecule has 0 aromatic heterocycles. The van der Waals surface area contributed by atoms with E-state index in [1.54, 1.807) is 0 Å². The molecule has 5 heavy (non-hydrogen) atoms. The molecule has 0 aromatic carbocycles. The van der Waals surface area contributed by atoms with E-state index in [-0.39, 0.29) is 25.5 Å². The van der Waals surface area contributed by atoms with Gasteiger partial charge in [0.1, 0.15) is 0 Å². The maximum atomic E-state index is 9.30. The molecule has 0 aliphatic heterocycles. The van der Waals surface area contributed by atoms with Crippen molar-refractivity contribution in [1.82, 2.24) is 0 Å². The van der Waals surface area contributed by atoms with Crippen LogP contribution in [-0.2, 0) is 0 Å². The summed E-state index contributed by atoms with van der Waals surface area (Å²) < 4.78 is 0. The maximum absolute atomic E-state index is 9.30. The summed E-state index contributed by atoms with van der Waals surface area (Å²) in [6, 6.07) is 0. The van der Waals surface area contributed by atoms with Crippen molar-refractivity contribution in [1.29, 1.82) is 0 Å². The van der Waals surface area contributed by atoms with Gasteiger partial charge in [-0.3, -0.25) is 0 Å². The van der Waals surface area contributed by atoms with Crippen LogP contribution in [0.25, 0.3) is 0 Å². The second-order valence-electron chi connectivity index (χ2n) is 0.704. The molecule has 0 fully saturated rings. The van der Waals surface area contributed by atoms with Gasteiger partial charge in [0.05, 0.1) is 0 Å². The average molecular weight is 66.0 g/mol. The van der Waals surface area contributed by atoms with Crippen LogP contribution in [0.1, 0.15) is 13.3 Å². The van der Waals surface area contributed by atoms with Crippen LogP contribution >= 0.6 is 0 Å². The van der Waals surface area contributed by atoms with E-state index < -0.39 is 0 Å². The van der Waals surface area contributed by atoms with Crippen LogP contribution in [0, 0.1) is 0 Å². The molecular formula is C3H7LiO. The molecule has 1 nitrogen and oxygen atoms in total. The number of rotatable bonds is 1. The molecular weight excluding hydrogens is 59.0 g/mol. The summed E-state index contributed by atoms with van der Waals surface area (Å²) in [5.74, 6) is 0. The zero-order valence-corrected chi connectivity index (χ0v) is 3.82. The van der Waals surface area contributed by atoms with Crippen molar-refractivity contribution < 1.29 is 24.0 Å². The fourth-order valence-electron chi connectivity index (χ4n) is 0. The van der Waals surface area contributed by atoms with Crippen LogP contribution in [0.5, 0.6) is 0 Å². The first-order valence-electron chi connectivity index (χ1n) is 1.50. The van der Waals surface area contributed by atoms with E-state index in [1.807, 2.05) is 6.92 Å². The van der Waals surface area contributed by atoms with Crippen LogP contribution in [0.2, 0.25) is 0 Å². The van der Waals surface area contributed by atoms with Crippen LogP contribution in [0.15, 0.2) is 0 Å². The standard InChI is InChI=1S/C3H7O.Li/c1-2-3-4;/h2-3H2,1H3;/q-1;+1. The Morgan fingerprint density at radius 3 is 1.80 bits per heavy atom. The Bertz CT molecular complexity index is 8.85. The molecule has 0 aromatic rings. The Kier molecular flexibility index (Phi) is 16.1. The SMILES string of the molecule is CCC[O-].[Li+]. The van der Waals surface area contributed by atoms with Crippen molar-refractivity contribution in [3.05, 3.63) is 0 Å². The molecule has 0 atom stereocenters. The van der Waals surface area contributed by atoms with Gasteiger partial charge in [-0.15, -0.1) is 6.61 Å². The molecule has 0 aliphatic carbocycles. The normalized spacial score (nSPS) is 6.00. The predicted octanol–water partition coefficient (Wildman–Crippen LogP) is -3.24. The zero-order chi connectivity index (χ0) is 3.41. The molecule has 0 N–H and O–H groups in total. The molecule has 0 heterocycles. The third kappa shape index (κ3) is 12.3. The summed E-state index contributed by atoms with van der Waals surface area (Å²) in [7, 11) is 0. The number of hydrogen-bond donors (Lipinski definition) is 0. The molecule has 0 rings (SSSR count). The Balaban J connectivity index is 0. The van der Waals surface area contributed by atoms with Gasteiger partial charge in [0.2, 0.25) is 0 Å². The van der Waals surface area contributed by atoms with Gasteiger partial charge in [-0.25, -0.2) is 0 Å². The fourth-order valence-corrected chi connectivity index (χ4v) is 0.